The second-order valence-corrected chi connectivity index (χ2v) is 17.0. The van der Waals surface area contributed by atoms with E-state index in [1.54, 1.807) is 12.1 Å². The average Bonchev–Trinajstić information content (AvgIpc) is 3.35. The van der Waals surface area contributed by atoms with Gasteiger partial charge in [0.15, 0.2) is 0 Å². The third-order valence-corrected chi connectivity index (χ3v) is 11.5. The fraction of sp³-hybridized carbons (Fsp3) is 0.358. The summed E-state index contributed by atoms with van der Waals surface area (Å²) < 4.78 is 23.0. The van der Waals surface area contributed by atoms with Crippen LogP contribution in [-0.2, 0) is 71.0 Å². The summed E-state index contributed by atoms with van der Waals surface area (Å²) in [5.41, 5.74) is 4.25. The van der Waals surface area contributed by atoms with Crippen molar-refractivity contribution in [1.82, 2.24) is 19.6 Å². The van der Waals surface area contributed by atoms with E-state index in [1.165, 1.54) is 12.1 Å². The highest BCUT2D eigenvalue weighted by molar-refractivity contribution is 5.73. The minimum Gasteiger partial charge on any atom is -0.460 e. The van der Waals surface area contributed by atoms with Crippen LogP contribution in [0.1, 0.15) is 34.2 Å². The molecule has 0 aromatic heterocycles. The van der Waals surface area contributed by atoms with Gasteiger partial charge in [0, 0.05) is 64.5 Å². The zero-order valence-electron chi connectivity index (χ0n) is 38.5. The number of carbonyl (C=O) groups is 4. The zero-order valence-corrected chi connectivity index (χ0v) is 38.5. The van der Waals surface area contributed by atoms with Crippen LogP contribution in [0.2, 0.25) is 0 Å². The van der Waals surface area contributed by atoms with Crippen LogP contribution >= 0.6 is 0 Å². The van der Waals surface area contributed by atoms with Crippen LogP contribution in [0.3, 0.4) is 0 Å². The molecule has 0 saturated carbocycles. The van der Waals surface area contributed by atoms with Gasteiger partial charge in [-0.1, -0.05) is 133 Å². The van der Waals surface area contributed by atoms with Gasteiger partial charge >= 0.3 is 23.9 Å². The number of nitrogens with zero attached hydrogens (tertiary/aromatic N) is 5. The molecule has 1 heterocycles. The first-order valence-electron chi connectivity index (χ1n) is 23.0. The number of benzene rings is 5. The van der Waals surface area contributed by atoms with Crippen LogP contribution in [0.25, 0.3) is 0 Å². The fourth-order valence-corrected chi connectivity index (χ4v) is 7.96. The van der Waals surface area contributed by atoms with Crippen LogP contribution in [-0.4, -0.2) is 127 Å². The quantitative estimate of drug-likeness (QED) is 0.0391. The maximum Gasteiger partial charge on any atom is 0.320 e. The molecular formula is C53H61N5O10. The smallest absolute Gasteiger partial charge is 0.320 e. The Morgan fingerprint density at radius 1 is 0.426 bits per heavy atom. The standard InChI is InChI=1S/C53H61N5O10/c59-50(65-39-44-14-5-1-6-15-44)35-54-26-13-27-55(36-51(60)66-40-45-16-7-2-8-17-45)29-31-57(38-53(62)68-42-47-20-11-4-12-21-47)34-48(32-43-22-24-49(25-23-43)58(63)64)33-56(30-28-54)37-52(61)67-41-46-18-9-3-10-19-46/h1-12,14-25,48H,13,26-42H2. The number of hydrogen-bond acceptors (Lipinski definition) is 14. The van der Waals surface area contributed by atoms with E-state index in [-0.39, 0.29) is 64.2 Å². The lowest BCUT2D eigenvalue weighted by molar-refractivity contribution is -0.384. The Morgan fingerprint density at radius 2 is 0.735 bits per heavy atom. The summed E-state index contributed by atoms with van der Waals surface area (Å²) in [4.78, 5) is 73.2. The molecule has 0 unspecified atom stereocenters. The summed E-state index contributed by atoms with van der Waals surface area (Å²) in [6.45, 7) is 3.61. The molecule has 5 aromatic carbocycles. The molecule has 1 saturated heterocycles. The van der Waals surface area contributed by atoms with Crippen molar-refractivity contribution in [3.63, 3.8) is 0 Å². The van der Waals surface area contributed by atoms with Gasteiger partial charge in [-0.15, -0.1) is 0 Å². The summed E-state index contributed by atoms with van der Waals surface area (Å²) in [5.74, 6) is -1.85. The Labute approximate surface area is 398 Å². The lowest BCUT2D eigenvalue weighted by Crippen LogP contribution is -2.47. The van der Waals surface area contributed by atoms with Gasteiger partial charge in [-0.25, -0.2) is 0 Å². The highest BCUT2D eigenvalue weighted by atomic mass is 16.6. The normalized spacial score (nSPS) is 15.1. The maximum atomic E-state index is 13.6. The zero-order chi connectivity index (χ0) is 47.8. The summed E-state index contributed by atoms with van der Waals surface area (Å²) in [6.07, 6.45) is 1.03. The van der Waals surface area contributed by atoms with E-state index in [9.17, 15) is 29.3 Å². The monoisotopic (exact) mass is 927 g/mol. The predicted octanol–water partition coefficient (Wildman–Crippen LogP) is 6.34. The molecule has 1 aliphatic rings. The van der Waals surface area contributed by atoms with E-state index in [0.29, 0.717) is 65.2 Å². The van der Waals surface area contributed by atoms with Crippen molar-refractivity contribution >= 4 is 29.6 Å². The summed E-state index contributed by atoms with van der Waals surface area (Å²) in [6, 6.07) is 44.2. The van der Waals surface area contributed by atoms with Crippen molar-refractivity contribution < 1.29 is 43.0 Å². The molecule has 0 bridgehead atoms. The van der Waals surface area contributed by atoms with E-state index in [4.69, 9.17) is 18.9 Å². The minimum atomic E-state index is -0.441. The van der Waals surface area contributed by atoms with E-state index in [0.717, 1.165) is 27.8 Å². The van der Waals surface area contributed by atoms with E-state index >= 15 is 0 Å². The molecule has 0 spiro atoms. The molecule has 0 atom stereocenters. The predicted molar refractivity (Wildman–Crippen MR) is 256 cm³/mol. The molecule has 1 fully saturated rings. The number of nitro groups is 1. The summed E-state index contributed by atoms with van der Waals surface area (Å²) in [7, 11) is 0. The van der Waals surface area contributed by atoms with Crippen molar-refractivity contribution in [2.24, 2.45) is 5.92 Å². The Bertz CT molecular complexity index is 2170. The van der Waals surface area contributed by atoms with Gasteiger partial charge in [-0.2, -0.15) is 0 Å². The number of nitro benzene ring substituents is 1. The van der Waals surface area contributed by atoms with Crippen molar-refractivity contribution in [2.45, 2.75) is 39.3 Å². The van der Waals surface area contributed by atoms with Gasteiger partial charge in [0.1, 0.15) is 26.4 Å². The molecule has 0 radical (unpaired) electrons. The Balaban J connectivity index is 1.26. The van der Waals surface area contributed by atoms with E-state index in [2.05, 4.69) is 0 Å². The second kappa shape index (κ2) is 27.8. The van der Waals surface area contributed by atoms with E-state index < -0.39 is 28.8 Å². The van der Waals surface area contributed by atoms with Crippen LogP contribution in [0.15, 0.2) is 146 Å². The molecule has 0 N–H and O–H groups in total. The summed E-state index contributed by atoms with van der Waals surface area (Å²) in [5, 5.41) is 11.6. The average molecular weight is 928 g/mol. The molecular weight excluding hydrogens is 867 g/mol. The molecule has 15 heteroatoms. The lowest BCUT2D eigenvalue weighted by atomic mass is 9.97. The van der Waals surface area contributed by atoms with Crippen LogP contribution < -0.4 is 0 Å². The number of ether oxygens (including phenoxy) is 4. The lowest BCUT2D eigenvalue weighted by Gasteiger charge is -2.34. The molecule has 68 heavy (non-hydrogen) atoms. The number of rotatable bonds is 19. The van der Waals surface area contributed by atoms with Crippen molar-refractivity contribution in [1.29, 1.82) is 0 Å². The molecule has 5 aromatic rings. The minimum absolute atomic E-state index is 0.00331. The highest BCUT2D eigenvalue weighted by Gasteiger charge is 2.26. The third kappa shape index (κ3) is 18.8. The number of esters is 4. The topological polar surface area (TPSA) is 161 Å². The highest BCUT2D eigenvalue weighted by Crippen LogP contribution is 2.19. The van der Waals surface area contributed by atoms with Gasteiger partial charge in [0.05, 0.1) is 31.1 Å². The first-order chi connectivity index (χ1) is 33.1. The van der Waals surface area contributed by atoms with Gasteiger partial charge in [-0.3, -0.25) is 48.9 Å². The molecule has 6 rings (SSSR count). The van der Waals surface area contributed by atoms with Gasteiger partial charge in [0.25, 0.3) is 5.69 Å². The van der Waals surface area contributed by atoms with Gasteiger partial charge < -0.3 is 18.9 Å². The molecule has 0 amide bonds. The second-order valence-electron chi connectivity index (χ2n) is 17.0. The maximum absolute atomic E-state index is 13.6. The van der Waals surface area contributed by atoms with Crippen LogP contribution in [0, 0.1) is 16.0 Å². The van der Waals surface area contributed by atoms with Gasteiger partial charge in [-0.05, 0) is 46.6 Å². The fourth-order valence-electron chi connectivity index (χ4n) is 7.96. The number of carbonyl (C=O) groups excluding carboxylic acids is 4. The molecule has 358 valence electrons. The first-order valence-corrected chi connectivity index (χ1v) is 23.0. The Hall–Kier alpha value is -6.78. The number of non-ortho nitro benzene ring substituents is 1. The third-order valence-electron chi connectivity index (χ3n) is 11.5. The van der Waals surface area contributed by atoms with Crippen molar-refractivity contribution in [3.05, 3.63) is 184 Å². The van der Waals surface area contributed by atoms with Crippen molar-refractivity contribution in [2.75, 3.05) is 78.5 Å². The summed E-state index contributed by atoms with van der Waals surface area (Å²) >= 11 is 0. The molecule has 15 nitrogen and oxygen atoms in total. The van der Waals surface area contributed by atoms with Gasteiger partial charge in [0.2, 0.25) is 0 Å². The first kappa shape index (κ1) is 50.6. The largest absolute Gasteiger partial charge is 0.460 e. The SMILES string of the molecule is O=C(CN1CCCN(CC(=O)OCc2ccccc2)CCN(CC(=O)OCc2ccccc2)CC(Cc2ccc([N+](=O)[O-])cc2)CN(CC(=O)OCc2ccccc2)CC1)OCc1ccccc1. The van der Waals surface area contributed by atoms with Crippen LogP contribution in [0.4, 0.5) is 5.69 Å². The molecule has 1 aliphatic heterocycles. The Morgan fingerprint density at radius 3 is 1.06 bits per heavy atom. The molecule has 0 aliphatic carbocycles. The number of hydrogen-bond donors (Lipinski definition) is 0. The van der Waals surface area contributed by atoms with E-state index in [1.807, 2.05) is 141 Å². The van der Waals surface area contributed by atoms with Crippen LogP contribution in [0.5, 0.6) is 0 Å². The Kier molecular flexibility index (Phi) is 20.7. The van der Waals surface area contributed by atoms with Crippen molar-refractivity contribution in [3.8, 4) is 0 Å².